The van der Waals surface area contributed by atoms with Crippen LogP contribution < -0.4 is 5.32 Å². The number of phenolic OH excluding ortho intramolecular Hbond substituents is 1. The first-order valence-corrected chi connectivity index (χ1v) is 8.35. The zero-order valence-corrected chi connectivity index (χ0v) is 12.7. The van der Waals surface area contributed by atoms with Gasteiger partial charge in [0.15, 0.2) is 0 Å². The molecule has 106 valence electrons. The predicted molar refractivity (Wildman–Crippen MR) is 84.0 cm³/mol. The molecule has 0 aliphatic carbocycles. The number of rotatable bonds is 5. The van der Waals surface area contributed by atoms with Gasteiger partial charge in [0.2, 0.25) is 0 Å². The first-order chi connectivity index (χ1) is 9.15. The Morgan fingerprint density at radius 1 is 1.37 bits per heavy atom. The normalized spacial score (nSPS) is 25.2. The molecule has 1 aromatic rings. The first-order valence-electron chi connectivity index (χ1n) is 7.30. The van der Waals surface area contributed by atoms with Crippen LogP contribution in [-0.4, -0.2) is 28.2 Å². The molecule has 1 aliphatic rings. The molecule has 0 amide bonds. The molecule has 0 saturated carbocycles. The molecule has 0 radical (unpaired) electrons. The van der Waals surface area contributed by atoms with Gasteiger partial charge >= 0.3 is 0 Å². The van der Waals surface area contributed by atoms with Crippen molar-refractivity contribution in [3.8, 4) is 5.75 Å². The van der Waals surface area contributed by atoms with E-state index < -0.39 is 0 Å². The van der Waals surface area contributed by atoms with Gasteiger partial charge in [-0.1, -0.05) is 19.1 Å². The van der Waals surface area contributed by atoms with Crippen LogP contribution in [-0.2, 0) is 6.42 Å². The van der Waals surface area contributed by atoms with Crippen LogP contribution in [0.3, 0.4) is 0 Å². The van der Waals surface area contributed by atoms with E-state index >= 15 is 0 Å². The maximum atomic E-state index is 9.26. The van der Waals surface area contributed by atoms with E-state index in [1.54, 1.807) is 12.1 Å². The highest BCUT2D eigenvalue weighted by Crippen LogP contribution is 2.25. The van der Waals surface area contributed by atoms with Crippen molar-refractivity contribution in [2.45, 2.75) is 56.9 Å². The quantitative estimate of drug-likeness (QED) is 0.864. The number of hydrogen-bond acceptors (Lipinski definition) is 3. The number of aromatic hydroxyl groups is 1. The summed E-state index contributed by atoms with van der Waals surface area (Å²) in [5, 5.41) is 13.8. The molecule has 0 aromatic heterocycles. The van der Waals surface area contributed by atoms with Crippen molar-refractivity contribution >= 4 is 11.8 Å². The lowest BCUT2D eigenvalue weighted by Crippen LogP contribution is -2.44. The molecule has 2 rings (SSSR count). The van der Waals surface area contributed by atoms with Crippen molar-refractivity contribution in [2.75, 3.05) is 5.75 Å². The SMILES string of the molecule is CC(CCc1ccc(O)cc1)NC1CCCSC1C. The third-order valence-electron chi connectivity index (χ3n) is 3.91. The van der Waals surface area contributed by atoms with E-state index in [0.29, 0.717) is 17.8 Å². The topological polar surface area (TPSA) is 32.3 Å². The van der Waals surface area contributed by atoms with Gasteiger partial charge in [-0.05, 0) is 56.1 Å². The van der Waals surface area contributed by atoms with E-state index in [4.69, 9.17) is 0 Å². The minimum atomic E-state index is 0.350. The molecule has 0 bridgehead atoms. The zero-order chi connectivity index (χ0) is 13.7. The van der Waals surface area contributed by atoms with Gasteiger partial charge in [0, 0.05) is 17.3 Å². The summed E-state index contributed by atoms with van der Waals surface area (Å²) in [5.41, 5.74) is 1.30. The molecular formula is C16H25NOS. The van der Waals surface area contributed by atoms with Gasteiger partial charge in [0.05, 0.1) is 0 Å². The highest BCUT2D eigenvalue weighted by molar-refractivity contribution is 7.99. The molecule has 1 aliphatic heterocycles. The maximum Gasteiger partial charge on any atom is 0.115 e. The van der Waals surface area contributed by atoms with E-state index in [1.807, 2.05) is 12.1 Å². The summed E-state index contributed by atoms with van der Waals surface area (Å²) in [6, 6.07) is 8.80. The Labute approximate surface area is 121 Å². The van der Waals surface area contributed by atoms with Crippen LogP contribution in [0.25, 0.3) is 0 Å². The molecule has 0 spiro atoms. The fourth-order valence-corrected chi connectivity index (χ4v) is 3.79. The highest BCUT2D eigenvalue weighted by atomic mass is 32.2. The summed E-state index contributed by atoms with van der Waals surface area (Å²) in [5.74, 6) is 1.67. The molecule has 3 unspecified atom stereocenters. The number of nitrogens with one attached hydrogen (secondary N) is 1. The van der Waals surface area contributed by atoms with Crippen molar-refractivity contribution in [3.05, 3.63) is 29.8 Å². The Morgan fingerprint density at radius 3 is 2.79 bits per heavy atom. The van der Waals surface area contributed by atoms with E-state index in [-0.39, 0.29) is 0 Å². The summed E-state index contributed by atoms with van der Waals surface area (Å²) < 4.78 is 0. The fraction of sp³-hybridized carbons (Fsp3) is 0.625. The van der Waals surface area contributed by atoms with Crippen LogP contribution in [0.2, 0.25) is 0 Å². The van der Waals surface area contributed by atoms with E-state index in [9.17, 15) is 5.11 Å². The largest absolute Gasteiger partial charge is 0.508 e. The van der Waals surface area contributed by atoms with Gasteiger partial charge in [-0.2, -0.15) is 11.8 Å². The Hall–Kier alpha value is -0.670. The number of aryl methyl sites for hydroxylation is 1. The Balaban J connectivity index is 1.74. The summed E-state index contributed by atoms with van der Waals surface area (Å²) in [4.78, 5) is 0. The maximum absolute atomic E-state index is 9.26. The lowest BCUT2D eigenvalue weighted by atomic mass is 10.0. The third kappa shape index (κ3) is 4.73. The van der Waals surface area contributed by atoms with Crippen LogP contribution in [0, 0.1) is 0 Å². The van der Waals surface area contributed by atoms with Crippen LogP contribution in [0.15, 0.2) is 24.3 Å². The lowest BCUT2D eigenvalue weighted by Gasteiger charge is -2.31. The number of phenols is 1. The van der Waals surface area contributed by atoms with Crippen molar-refractivity contribution in [1.82, 2.24) is 5.32 Å². The second kappa shape index (κ2) is 7.20. The zero-order valence-electron chi connectivity index (χ0n) is 11.9. The molecule has 3 atom stereocenters. The van der Waals surface area contributed by atoms with Crippen molar-refractivity contribution in [1.29, 1.82) is 0 Å². The highest BCUT2D eigenvalue weighted by Gasteiger charge is 2.22. The Morgan fingerprint density at radius 2 is 2.11 bits per heavy atom. The third-order valence-corrected chi connectivity index (χ3v) is 5.29. The number of thioether (sulfide) groups is 1. The molecule has 2 nitrogen and oxygen atoms in total. The van der Waals surface area contributed by atoms with Crippen LogP contribution in [0.4, 0.5) is 0 Å². The average Bonchev–Trinajstić information content (AvgIpc) is 2.41. The second-order valence-corrected chi connectivity index (χ2v) is 7.08. The smallest absolute Gasteiger partial charge is 0.115 e. The summed E-state index contributed by atoms with van der Waals surface area (Å²) in [7, 11) is 0. The standard InChI is InChI=1S/C16H25NOS/c1-12(17-16-4-3-11-19-13(16)2)5-6-14-7-9-15(18)10-8-14/h7-10,12-13,16-18H,3-6,11H2,1-2H3. The lowest BCUT2D eigenvalue weighted by molar-refractivity contribution is 0.397. The number of benzene rings is 1. The molecule has 1 aromatic carbocycles. The molecule has 1 fully saturated rings. The Bertz CT molecular complexity index is 379. The average molecular weight is 279 g/mol. The van der Waals surface area contributed by atoms with Gasteiger partial charge in [-0.15, -0.1) is 0 Å². The molecule has 1 heterocycles. The summed E-state index contributed by atoms with van der Waals surface area (Å²) in [6.45, 7) is 4.63. The van der Waals surface area contributed by atoms with Crippen LogP contribution in [0.5, 0.6) is 5.75 Å². The number of hydrogen-bond donors (Lipinski definition) is 2. The monoisotopic (exact) mass is 279 g/mol. The van der Waals surface area contributed by atoms with Gasteiger partial charge in [0.25, 0.3) is 0 Å². The van der Waals surface area contributed by atoms with Gasteiger partial charge in [-0.3, -0.25) is 0 Å². The summed E-state index contributed by atoms with van der Waals surface area (Å²) in [6.07, 6.45) is 4.89. The van der Waals surface area contributed by atoms with Crippen molar-refractivity contribution in [2.24, 2.45) is 0 Å². The first kappa shape index (κ1) is 14.7. The molecule has 3 heteroatoms. The van der Waals surface area contributed by atoms with Gasteiger partial charge in [-0.25, -0.2) is 0 Å². The predicted octanol–water partition coefficient (Wildman–Crippen LogP) is 3.59. The van der Waals surface area contributed by atoms with Gasteiger partial charge in [0.1, 0.15) is 5.75 Å². The van der Waals surface area contributed by atoms with Crippen LogP contribution >= 0.6 is 11.8 Å². The van der Waals surface area contributed by atoms with Crippen LogP contribution in [0.1, 0.15) is 38.7 Å². The molecule has 19 heavy (non-hydrogen) atoms. The van der Waals surface area contributed by atoms with E-state index in [2.05, 4.69) is 30.9 Å². The minimum absolute atomic E-state index is 0.350. The van der Waals surface area contributed by atoms with Crippen molar-refractivity contribution in [3.63, 3.8) is 0 Å². The molecular weight excluding hydrogens is 254 g/mol. The van der Waals surface area contributed by atoms with E-state index in [1.165, 1.54) is 24.2 Å². The summed E-state index contributed by atoms with van der Waals surface area (Å²) >= 11 is 2.09. The molecule has 2 N–H and O–H groups in total. The van der Waals surface area contributed by atoms with Crippen molar-refractivity contribution < 1.29 is 5.11 Å². The van der Waals surface area contributed by atoms with E-state index in [0.717, 1.165) is 18.1 Å². The second-order valence-electron chi connectivity index (χ2n) is 5.60. The fourth-order valence-electron chi connectivity index (χ4n) is 2.64. The minimum Gasteiger partial charge on any atom is -0.508 e. The Kier molecular flexibility index (Phi) is 5.59. The van der Waals surface area contributed by atoms with Gasteiger partial charge < -0.3 is 10.4 Å². The molecule has 1 saturated heterocycles.